The van der Waals surface area contributed by atoms with E-state index in [2.05, 4.69) is 33.2 Å². The third-order valence-electron chi connectivity index (χ3n) is 5.70. The quantitative estimate of drug-likeness (QED) is 0.182. The Bertz CT molecular complexity index is 1380. The van der Waals surface area contributed by atoms with Gasteiger partial charge in [0, 0.05) is 11.4 Å². The molecule has 1 aliphatic heterocycles. The molecular weight excluding hydrogens is 615 g/mol. The summed E-state index contributed by atoms with van der Waals surface area (Å²) in [7, 11) is 1.56. The van der Waals surface area contributed by atoms with E-state index in [4.69, 9.17) is 42.5 Å². The Morgan fingerprint density at radius 3 is 2.68 bits per heavy atom. The predicted octanol–water partition coefficient (Wildman–Crippen LogP) is 7.29. The molecule has 202 valence electrons. The zero-order valence-corrected chi connectivity index (χ0v) is 25.2. The van der Waals surface area contributed by atoms with Gasteiger partial charge < -0.3 is 19.5 Å². The van der Waals surface area contributed by atoms with Crippen LogP contribution in [0.1, 0.15) is 44.4 Å². The summed E-state index contributed by atoms with van der Waals surface area (Å²) in [4.78, 5) is 17.8. The van der Waals surface area contributed by atoms with Gasteiger partial charge in [-0.2, -0.15) is 4.98 Å². The maximum atomic E-state index is 13.1. The highest BCUT2D eigenvalue weighted by molar-refractivity contribution is 9.10. The Kier molecular flexibility index (Phi) is 9.51. The van der Waals surface area contributed by atoms with Gasteiger partial charge in [0.15, 0.2) is 11.5 Å². The number of rotatable bonds is 10. The van der Waals surface area contributed by atoms with Crippen molar-refractivity contribution in [2.75, 3.05) is 24.8 Å². The second kappa shape index (κ2) is 12.6. The Morgan fingerprint density at radius 2 is 2.00 bits per heavy atom. The van der Waals surface area contributed by atoms with Crippen molar-refractivity contribution in [3.63, 3.8) is 0 Å². The molecule has 0 saturated carbocycles. The van der Waals surface area contributed by atoms with Gasteiger partial charge in [-0.05, 0) is 71.6 Å². The number of hydrogen-bond acceptors (Lipinski definition) is 8. The minimum Gasteiger partial charge on any atom is -0.493 e. The van der Waals surface area contributed by atoms with E-state index in [0.717, 1.165) is 23.3 Å². The molecule has 2 heterocycles. The largest absolute Gasteiger partial charge is 0.493 e. The van der Waals surface area contributed by atoms with Crippen LogP contribution >= 0.6 is 50.9 Å². The minimum absolute atomic E-state index is 0.247. The van der Waals surface area contributed by atoms with Crippen LogP contribution in [0.25, 0.3) is 0 Å². The summed E-state index contributed by atoms with van der Waals surface area (Å²) in [5.41, 5.74) is 2.69. The monoisotopic (exact) mass is 640 g/mol. The van der Waals surface area contributed by atoms with Crippen LogP contribution in [0.15, 0.2) is 51.2 Å². The second-order valence-corrected chi connectivity index (χ2v) is 11.1. The summed E-state index contributed by atoms with van der Waals surface area (Å²) >= 11 is 17.4. The molecule has 0 bridgehead atoms. The fourth-order valence-electron chi connectivity index (χ4n) is 3.99. The molecular formula is C26H27BrCl2N4O4S. The normalized spacial score (nSPS) is 14.7. The average Bonchev–Trinajstić information content (AvgIpc) is 3.29. The van der Waals surface area contributed by atoms with Crippen molar-refractivity contribution in [2.45, 2.75) is 45.0 Å². The first-order valence-electron chi connectivity index (χ1n) is 12.0. The highest BCUT2D eigenvalue weighted by Crippen LogP contribution is 2.43. The highest BCUT2D eigenvalue weighted by Gasteiger charge is 2.36. The zero-order chi connectivity index (χ0) is 27.4. The number of allylic oxidation sites excluding steroid dienone is 1. The fraction of sp³-hybridized carbons (Fsp3) is 0.346. The topological polar surface area (TPSA) is 87.5 Å². The molecule has 1 atom stereocenters. The molecule has 0 aliphatic carbocycles. The van der Waals surface area contributed by atoms with Gasteiger partial charge in [-0.15, -0.1) is 5.10 Å². The summed E-state index contributed by atoms with van der Waals surface area (Å²) in [5.74, 6) is 1.99. The number of fused-ring (bicyclic) bond motifs is 1. The van der Waals surface area contributed by atoms with Crippen molar-refractivity contribution in [1.82, 2.24) is 14.8 Å². The van der Waals surface area contributed by atoms with Crippen LogP contribution < -0.4 is 14.8 Å². The molecule has 38 heavy (non-hydrogen) atoms. The number of benzene rings is 2. The maximum absolute atomic E-state index is 13.1. The molecule has 0 amide bonds. The molecule has 8 nitrogen and oxygen atoms in total. The first-order valence-corrected chi connectivity index (χ1v) is 14.5. The van der Waals surface area contributed by atoms with Crippen LogP contribution in [0, 0.1) is 0 Å². The maximum Gasteiger partial charge on any atom is 0.338 e. The van der Waals surface area contributed by atoms with Gasteiger partial charge in [-0.1, -0.05) is 48.0 Å². The molecule has 0 fully saturated rings. The molecule has 1 aliphatic rings. The zero-order valence-electron chi connectivity index (χ0n) is 21.3. The smallest absolute Gasteiger partial charge is 0.338 e. The fourth-order valence-corrected chi connectivity index (χ4v) is 5.57. The van der Waals surface area contributed by atoms with Crippen LogP contribution in [0.3, 0.4) is 0 Å². The molecule has 3 aromatic rings. The number of nitrogens with one attached hydrogen (secondary N) is 1. The Labute approximate surface area is 244 Å². The van der Waals surface area contributed by atoms with Crippen molar-refractivity contribution < 1.29 is 19.0 Å². The number of hydrogen-bond donors (Lipinski definition) is 1. The summed E-state index contributed by atoms with van der Waals surface area (Å²) in [6, 6.07) is 8.46. The average molecular weight is 642 g/mol. The molecule has 1 aromatic heterocycles. The standard InChI is InChI=1S/C26H27BrCl2N4O4S/c1-5-9-38-26-31-25-30-14(3)21(24(34)36-6-2)22(33(25)32-26)16-11-17(27)23(20(12-16)35-4)37-13-15-7-8-18(28)19(29)10-15/h7-8,10-12,22H,5-6,9,13H2,1-4H3,(H,30,31,32). The van der Waals surface area contributed by atoms with Gasteiger partial charge in [-0.3, -0.25) is 0 Å². The van der Waals surface area contributed by atoms with Crippen LogP contribution in [0.2, 0.25) is 10.0 Å². The number of carbonyl (C=O) groups excluding carboxylic acids is 1. The molecule has 0 radical (unpaired) electrons. The first-order chi connectivity index (χ1) is 18.3. The van der Waals surface area contributed by atoms with E-state index in [0.29, 0.717) is 48.4 Å². The van der Waals surface area contributed by atoms with Gasteiger partial charge in [0.05, 0.1) is 33.8 Å². The molecule has 2 aromatic carbocycles. The lowest BCUT2D eigenvalue weighted by Gasteiger charge is -2.28. The Morgan fingerprint density at radius 1 is 1.21 bits per heavy atom. The van der Waals surface area contributed by atoms with Gasteiger partial charge in [0.25, 0.3) is 0 Å². The second-order valence-electron chi connectivity index (χ2n) is 8.37. The number of aromatic nitrogens is 3. The number of anilines is 1. The van der Waals surface area contributed by atoms with E-state index in [-0.39, 0.29) is 13.2 Å². The lowest BCUT2D eigenvalue weighted by atomic mass is 9.95. The summed E-state index contributed by atoms with van der Waals surface area (Å²) in [5, 5.41) is 9.50. The number of esters is 1. The van der Waals surface area contributed by atoms with Gasteiger partial charge >= 0.3 is 5.97 Å². The Balaban J connectivity index is 1.74. The van der Waals surface area contributed by atoms with Gasteiger partial charge in [-0.25, -0.2) is 9.48 Å². The summed E-state index contributed by atoms with van der Waals surface area (Å²) in [6.07, 6.45) is 0.991. The van der Waals surface area contributed by atoms with E-state index in [9.17, 15) is 4.79 Å². The molecule has 1 N–H and O–H groups in total. The van der Waals surface area contributed by atoms with Gasteiger partial charge in [0.2, 0.25) is 11.1 Å². The first kappa shape index (κ1) is 28.6. The summed E-state index contributed by atoms with van der Waals surface area (Å²) < 4.78 is 19.6. The highest BCUT2D eigenvalue weighted by atomic mass is 79.9. The van der Waals surface area contributed by atoms with Crippen LogP contribution in [0.4, 0.5) is 5.95 Å². The molecule has 4 rings (SSSR count). The lowest BCUT2D eigenvalue weighted by molar-refractivity contribution is -0.139. The van der Waals surface area contributed by atoms with Gasteiger partial charge in [0.1, 0.15) is 12.6 Å². The third kappa shape index (κ3) is 6.09. The van der Waals surface area contributed by atoms with E-state index in [1.165, 1.54) is 0 Å². The van der Waals surface area contributed by atoms with Crippen molar-refractivity contribution >= 4 is 62.8 Å². The molecule has 1 unspecified atom stereocenters. The van der Waals surface area contributed by atoms with Crippen molar-refractivity contribution in [1.29, 1.82) is 0 Å². The predicted molar refractivity (Wildman–Crippen MR) is 154 cm³/mol. The third-order valence-corrected chi connectivity index (χ3v) is 8.07. The lowest BCUT2D eigenvalue weighted by Crippen LogP contribution is -2.29. The minimum atomic E-state index is -0.594. The molecule has 0 saturated heterocycles. The van der Waals surface area contributed by atoms with E-state index in [1.807, 2.05) is 25.1 Å². The summed E-state index contributed by atoms with van der Waals surface area (Å²) in [6.45, 7) is 6.20. The number of nitrogens with zero attached hydrogens (tertiary/aromatic N) is 3. The number of methoxy groups -OCH3 is 1. The van der Waals surface area contributed by atoms with E-state index in [1.54, 1.807) is 42.6 Å². The van der Waals surface area contributed by atoms with Crippen molar-refractivity contribution in [2.24, 2.45) is 0 Å². The number of halogens is 3. The van der Waals surface area contributed by atoms with Crippen LogP contribution in [-0.2, 0) is 16.1 Å². The van der Waals surface area contributed by atoms with Crippen molar-refractivity contribution in [3.8, 4) is 11.5 Å². The molecule has 0 spiro atoms. The SMILES string of the molecule is CCCSc1nc2n(n1)C(c1cc(Br)c(OCc3ccc(Cl)c(Cl)c3)c(OC)c1)C(C(=O)OCC)=C(C)N2. The Hall–Kier alpha value is -2.40. The number of thioether (sulfide) groups is 1. The number of carbonyl (C=O) groups is 1. The number of ether oxygens (including phenoxy) is 3. The van der Waals surface area contributed by atoms with Crippen molar-refractivity contribution in [3.05, 3.63) is 67.2 Å². The van der Waals surface area contributed by atoms with E-state index >= 15 is 0 Å². The van der Waals surface area contributed by atoms with Crippen LogP contribution in [-0.4, -0.2) is 40.2 Å². The van der Waals surface area contributed by atoms with Crippen LogP contribution in [0.5, 0.6) is 11.5 Å². The molecule has 12 heteroatoms. The van der Waals surface area contributed by atoms with E-state index < -0.39 is 12.0 Å².